The zero-order valence-corrected chi connectivity index (χ0v) is 11.5. The number of nitrogens with one attached hydrogen (secondary N) is 1. The number of nitrogen functional groups attached to an aromatic ring is 1. The zero-order chi connectivity index (χ0) is 13.7. The summed E-state index contributed by atoms with van der Waals surface area (Å²) >= 11 is 0. The second-order valence-electron chi connectivity index (χ2n) is 4.98. The van der Waals surface area contributed by atoms with Crippen molar-refractivity contribution < 1.29 is 9.53 Å². The van der Waals surface area contributed by atoms with Crippen LogP contribution in [0.4, 0.5) is 11.4 Å². The van der Waals surface area contributed by atoms with Gasteiger partial charge in [-0.1, -0.05) is 13.8 Å². The summed E-state index contributed by atoms with van der Waals surface area (Å²) in [5.74, 6) is 0.160. The van der Waals surface area contributed by atoms with Crippen molar-refractivity contribution in [3.05, 3.63) is 23.8 Å². The van der Waals surface area contributed by atoms with E-state index in [9.17, 15) is 4.79 Å². The Bertz CT molecular complexity index is 396. The molecule has 100 valence electrons. The minimum absolute atomic E-state index is 0.247. The molecule has 0 amide bonds. The highest BCUT2D eigenvalue weighted by Crippen LogP contribution is 2.19. The fourth-order valence-electron chi connectivity index (χ4n) is 1.92. The maximum atomic E-state index is 11.7. The van der Waals surface area contributed by atoms with Crippen LogP contribution in [0.5, 0.6) is 0 Å². The molecule has 0 heterocycles. The Morgan fingerprint density at radius 2 is 2.06 bits per heavy atom. The Balaban J connectivity index is 2.84. The molecular weight excluding hydrogens is 228 g/mol. The number of hydrogen-bond donors (Lipinski definition) is 2. The van der Waals surface area contributed by atoms with Crippen LogP contribution in [0.1, 0.15) is 25.8 Å². The molecule has 3 N–H and O–H groups in total. The fourth-order valence-corrected chi connectivity index (χ4v) is 1.92. The summed E-state index contributed by atoms with van der Waals surface area (Å²) in [5, 5.41) is 3.19. The summed E-state index contributed by atoms with van der Waals surface area (Å²) in [7, 11) is 1.40. The second kappa shape index (κ2) is 6.28. The Labute approximate surface area is 109 Å². The summed E-state index contributed by atoms with van der Waals surface area (Å²) in [6.07, 6.45) is 0.723. The van der Waals surface area contributed by atoms with Crippen LogP contribution in [0, 0.1) is 12.8 Å². The Hall–Kier alpha value is -1.71. The summed E-state index contributed by atoms with van der Waals surface area (Å²) in [4.78, 5) is 11.7. The standard InChI is InChI=1S/C14H22N2O2/c1-9(2)5-13(14(17)18-4)16-12-7-10(3)6-11(15)8-12/h6-9,13,16H,5,15H2,1-4H3. The molecule has 0 saturated carbocycles. The van der Waals surface area contributed by atoms with E-state index < -0.39 is 0 Å². The van der Waals surface area contributed by atoms with Gasteiger partial charge in [0.05, 0.1) is 7.11 Å². The molecule has 0 spiro atoms. The van der Waals surface area contributed by atoms with Crippen molar-refractivity contribution in [2.24, 2.45) is 5.92 Å². The molecule has 0 bridgehead atoms. The predicted molar refractivity (Wildman–Crippen MR) is 74.5 cm³/mol. The first-order valence-electron chi connectivity index (χ1n) is 6.14. The average Bonchev–Trinajstić information content (AvgIpc) is 2.25. The van der Waals surface area contributed by atoms with Gasteiger partial charge >= 0.3 is 5.97 Å². The molecule has 18 heavy (non-hydrogen) atoms. The molecule has 1 aromatic rings. The van der Waals surface area contributed by atoms with Crippen molar-refractivity contribution in [1.29, 1.82) is 0 Å². The van der Waals surface area contributed by atoms with Crippen molar-refractivity contribution in [3.63, 3.8) is 0 Å². The van der Waals surface area contributed by atoms with E-state index in [1.807, 2.05) is 25.1 Å². The van der Waals surface area contributed by atoms with Gasteiger partial charge in [-0.3, -0.25) is 0 Å². The molecule has 0 aliphatic heterocycles. The lowest BCUT2D eigenvalue weighted by atomic mass is 10.0. The Morgan fingerprint density at radius 3 is 2.56 bits per heavy atom. The molecule has 4 nitrogen and oxygen atoms in total. The molecular formula is C14H22N2O2. The Morgan fingerprint density at radius 1 is 1.39 bits per heavy atom. The van der Waals surface area contributed by atoms with Gasteiger partial charge in [0.25, 0.3) is 0 Å². The number of aryl methyl sites for hydroxylation is 1. The van der Waals surface area contributed by atoms with Crippen LogP contribution >= 0.6 is 0 Å². The highest BCUT2D eigenvalue weighted by molar-refractivity contribution is 5.79. The summed E-state index contributed by atoms with van der Waals surface area (Å²) in [6, 6.07) is 5.34. The minimum Gasteiger partial charge on any atom is -0.467 e. The molecule has 0 aliphatic carbocycles. The van der Waals surface area contributed by atoms with Crippen molar-refractivity contribution >= 4 is 17.3 Å². The number of carbonyl (C=O) groups is 1. The minimum atomic E-state index is -0.337. The molecule has 4 heteroatoms. The maximum absolute atomic E-state index is 11.7. The first-order chi connectivity index (χ1) is 8.42. The normalized spacial score (nSPS) is 12.3. The van der Waals surface area contributed by atoms with Gasteiger partial charge in [0.2, 0.25) is 0 Å². The summed E-state index contributed by atoms with van der Waals surface area (Å²) in [5.41, 5.74) is 8.39. The van der Waals surface area contributed by atoms with E-state index in [-0.39, 0.29) is 12.0 Å². The largest absolute Gasteiger partial charge is 0.467 e. The van der Waals surface area contributed by atoms with Crippen LogP contribution in [0.25, 0.3) is 0 Å². The van der Waals surface area contributed by atoms with E-state index in [0.717, 1.165) is 17.7 Å². The monoisotopic (exact) mass is 250 g/mol. The van der Waals surface area contributed by atoms with Gasteiger partial charge < -0.3 is 15.8 Å². The smallest absolute Gasteiger partial charge is 0.328 e. The third kappa shape index (κ3) is 4.28. The highest BCUT2D eigenvalue weighted by Gasteiger charge is 2.20. The average molecular weight is 250 g/mol. The van der Waals surface area contributed by atoms with E-state index in [1.54, 1.807) is 0 Å². The number of ether oxygens (including phenoxy) is 1. The number of anilines is 2. The number of benzene rings is 1. The van der Waals surface area contributed by atoms with Crippen LogP contribution in [-0.4, -0.2) is 19.1 Å². The molecule has 1 atom stereocenters. The molecule has 1 unspecified atom stereocenters. The molecule has 0 radical (unpaired) electrons. The second-order valence-corrected chi connectivity index (χ2v) is 4.98. The van der Waals surface area contributed by atoms with Gasteiger partial charge in [0, 0.05) is 11.4 Å². The quantitative estimate of drug-likeness (QED) is 0.622. The van der Waals surface area contributed by atoms with Crippen LogP contribution in [0.2, 0.25) is 0 Å². The van der Waals surface area contributed by atoms with Crippen LogP contribution in [0.15, 0.2) is 18.2 Å². The first-order valence-corrected chi connectivity index (χ1v) is 6.14. The van der Waals surface area contributed by atoms with E-state index in [0.29, 0.717) is 11.6 Å². The number of rotatable bonds is 5. The van der Waals surface area contributed by atoms with E-state index >= 15 is 0 Å². The Kier molecular flexibility index (Phi) is 5.01. The molecule has 1 rings (SSSR count). The van der Waals surface area contributed by atoms with Crippen molar-refractivity contribution in [3.8, 4) is 0 Å². The zero-order valence-electron chi connectivity index (χ0n) is 11.5. The summed E-state index contributed by atoms with van der Waals surface area (Å²) in [6.45, 7) is 6.11. The number of carbonyl (C=O) groups excluding carboxylic acids is 1. The van der Waals surface area contributed by atoms with Gasteiger partial charge in [0.15, 0.2) is 0 Å². The third-order valence-corrected chi connectivity index (χ3v) is 2.63. The van der Waals surface area contributed by atoms with E-state index in [1.165, 1.54) is 7.11 Å². The van der Waals surface area contributed by atoms with Crippen LogP contribution in [0.3, 0.4) is 0 Å². The van der Waals surface area contributed by atoms with Crippen molar-refractivity contribution in [2.45, 2.75) is 33.2 Å². The molecule has 0 fully saturated rings. The lowest BCUT2D eigenvalue weighted by molar-refractivity contribution is -0.141. The van der Waals surface area contributed by atoms with Gasteiger partial charge in [-0.2, -0.15) is 0 Å². The lowest BCUT2D eigenvalue weighted by Gasteiger charge is -2.20. The van der Waals surface area contributed by atoms with Gasteiger partial charge in [-0.15, -0.1) is 0 Å². The van der Waals surface area contributed by atoms with Gasteiger partial charge in [-0.25, -0.2) is 4.79 Å². The number of methoxy groups -OCH3 is 1. The maximum Gasteiger partial charge on any atom is 0.328 e. The first kappa shape index (κ1) is 14.4. The molecule has 0 aromatic heterocycles. The molecule has 0 aliphatic rings. The highest BCUT2D eigenvalue weighted by atomic mass is 16.5. The third-order valence-electron chi connectivity index (χ3n) is 2.63. The number of nitrogens with two attached hydrogens (primary N) is 1. The predicted octanol–water partition coefficient (Wildman–Crippen LogP) is 2.58. The number of esters is 1. The van der Waals surface area contributed by atoms with Crippen LogP contribution in [-0.2, 0) is 9.53 Å². The van der Waals surface area contributed by atoms with Crippen molar-refractivity contribution in [1.82, 2.24) is 0 Å². The SMILES string of the molecule is COC(=O)C(CC(C)C)Nc1cc(C)cc(N)c1. The fraction of sp³-hybridized carbons (Fsp3) is 0.500. The summed E-state index contributed by atoms with van der Waals surface area (Å²) < 4.78 is 4.81. The van der Waals surface area contributed by atoms with E-state index in [2.05, 4.69) is 19.2 Å². The number of hydrogen-bond acceptors (Lipinski definition) is 4. The van der Waals surface area contributed by atoms with Gasteiger partial charge in [0.1, 0.15) is 6.04 Å². The molecule has 0 saturated heterocycles. The van der Waals surface area contributed by atoms with Crippen molar-refractivity contribution in [2.75, 3.05) is 18.2 Å². The van der Waals surface area contributed by atoms with Crippen LogP contribution < -0.4 is 11.1 Å². The van der Waals surface area contributed by atoms with Gasteiger partial charge in [-0.05, 0) is 43.0 Å². The van der Waals surface area contributed by atoms with E-state index in [4.69, 9.17) is 10.5 Å². The topological polar surface area (TPSA) is 64.3 Å². The molecule has 1 aromatic carbocycles. The lowest BCUT2D eigenvalue weighted by Crippen LogP contribution is -2.32.